The molecule has 6 heteroatoms. The fourth-order valence-corrected chi connectivity index (χ4v) is 1.80. The lowest BCUT2D eigenvalue weighted by Gasteiger charge is -2.33. The average molecular weight is 274 g/mol. The van der Waals surface area contributed by atoms with Gasteiger partial charge in [0.05, 0.1) is 12.1 Å². The Morgan fingerprint density at radius 1 is 1.21 bits per heavy atom. The van der Waals surface area contributed by atoms with Crippen molar-refractivity contribution in [3.63, 3.8) is 0 Å². The summed E-state index contributed by atoms with van der Waals surface area (Å²) < 4.78 is 0. The standard InChI is InChI=1S/C13H26N2O4/c1-6-14(9-13(4,5)19)12(18)15(7-10(2)3)8-11(16)17/h10,19H,6-9H2,1-5H3,(H,16,17). The third kappa shape index (κ3) is 7.66. The third-order valence-corrected chi connectivity index (χ3v) is 2.41. The van der Waals surface area contributed by atoms with E-state index >= 15 is 0 Å². The van der Waals surface area contributed by atoms with Crippen molar-refractivity contribution in [2.45, 2.75) is 40.2 Å². The van der Waals surface area contributed by atoms with Gasteiger partial charge in [-0.1, -0.05) is 13.8 Å². The highest BCUT2D eigenvalue weighted by Gasteiger charge is 2.26. The minimum Gasteiger partial charge on any atom is -0.480 e. The van der Waals surface area contributed by atoms with Gasteiger partial charge < -0.3 is 20.0 Å². The maximum Gasteiger partial charge on any atom is 0.323 e. The van der Waals surface area contributed by atoms with Crippen molar-refractivity contribution in [2.24, 2.45) is 5.92 Å². The van der Waals surface area contributed by atoms with E-state index in [4.69, 9.17) is 5.11 Å². The Kier molecular flexibility index (Phi) is 6.83. The van der Waals surface area contributed by atoms with Gasteiger partial charge in [0.2, 0.25) is 0 Å². The lowest BCUT2D eigenvalue weighted by atomic mass is 10.1. The highest BCUT2D eigenvalue weighted by atomic mass is 16.4. The van der Waals surface area contributed by atoms with Crippen molar-refractivity contribution in [3.05, 3.63) is 0 Å². The van der Waals surface area contributed by atoms with Crippen LogP contribution in [0.2, 0.25) is 0 Å². The summed E-state index contributed by atoms with van der Waals surface area (Å²) in [5.41, 5.74) is -1.00. The molecule has 0 aliphatic heterocycles. The lowest BCUT2D eigenvalue weighted by molar-refractivity contribution is -0.137. The zero-order valence-corrected chi connectivity index (χ0v) is 12.5. The summed E-state index contributed by atoms with van der Waals surface area (Å²) in [5.74, 6) is -0.850. The molecule has 2 amide bonds. The molecule has 0 aromatic rings. The molecular formula is C13H26N2O4. The first kappa shape index (κ1) is 17.7. The van der Waals surface area contributed by atoms with Crippen molar-refractivity contribution >= 4 is 12.0 Å². The van der Waals surface area contributed by atoms with Crippen LogP contribution in [-0.2, 0) is 4.79 Å². The Hall–Kier alpha value is -1.30. The van der Waals surface area contributed by atoms with E-state index < -0.39 is 11.6 Å². The van der Waals surface area contributed by atoms with Crippen molar-refractivity contribution in [2.75, 3.05) is 26.2 Å². The molecule has 0 saturated heterocycles. The number of hydrogen-bond donors (Lipinski definition) is 2. The maximum absolute atomic E-state index is 12.3. The predicted octanol–water partition coefficient (Wildman–Crippen LogP) is 1.24. The van der Waals surface area contributed by atoms with E-state index in [1.807, 2.05) is 13.8 Å². The van der Waals surface area contributed by atoms with Crippen LogP contribution in [0.4, 0.5) is 4.79 Å². The number of aliphatic carboxylic acids is 1. The molecule has 0 spiro atoms. The van der Waals surface area contributed by atoms with Crippen molar-refractivity contribution < 1.29 is 19.8 Å². The molecule has 0 aliphatic rings. The van der Waals surface area contributed by atoms with Gasteiger partial charge in [0.1, 0.15) is 6.54 Å². The number of amides is 2. The molecule has 0 heterocycles. The molecule has 0 saturated carbocycles. The van der Waals surface area contributed by atoms with Crippen molar-refractivity contribution in [3.8, 4) is 0 Å². The van der Waals surface area contributed by atoms with Crippen LogP contribution >= 0.6 is 0 Å². The Balaban J connectivity index is 4.87. The van der Waals surface area contributed by atoms with Crippen LogP contribution in [0, 0.1) is 5.92 Å². The molecule has 112 valence electrons. The summed E-state index contributed by atoms with van der Waals surface area (Å²) in [6.07, 6.45) is 0. The smallest absolute Gasteiger partial charge is 0.323 e. The molecular weight excluding hydrogens is 248 g/mol. The van der Waals surface area contributed by atoms with Gasteiger partial charge in [-0.15, -0.1) is 0 Å². The minimum absolute atomic E-state index is 0.177. The van der Waals surface area contributed by atoms with Gasteiger partial charge >= 0.3 is 12.0 Å². The van der Waals surface area contributed by atoms with Gasteiger partial charge in [-0.25, -0.2) is 4.79 Å². The number of carboxylic acids is 1. The van der Waals surface area contributed by atoms with Gasteiger partial charge in [-0.05, 0) is 26.7 Å². The van der Waals surface area contributed by atoms with Crippen LogP contribution in [-0.4, -0.2) is 63.8 Å². The first-order valence-electron chi connectivity index (χ1n) is 6.54. The minimum atomic E-state index is -1.03. The van der Waals surface area contributed by atoms with E-state index in [9.17, 15) is 14.7 Å². The molecule has 0 radical (unpaired) electrons. The largest absolute Gasteiger partial charge is 0.480 e. The second-order valence-corrected chi connectivity index (χ2v) is 5.78. The molecule has 0 unspecified atom stereocenters. The number of hydrogen-bond acceptors (Lipinski definition) is 3. The predicted molar refractivity (Wildman–Crippen MR) is 73.0 cm³/mol. The SMILES string of the molecule is CCN(CC(C)(C)O)C(=O)N(CC(=O)O)CC(C)C. The molecule has 0 atom stereocenters. The van der Waals surface area contributed by atoms with E-state index in [1.165, 1.54) is 9.80 Å². The zero-order valence-electron chi connectivity index (χ0n) is 12.5. The van der Waals surface area contributed by atoms with E-state index in [0.29, 0.717) is 13.1 Å². The van der Waals surface area contributed by atoms with Crippen LogP contribution in [0.5, 0.6) is 0 Å². The number of carboxylic acid groups (broad SMARTS) is 1. The molecule has 0 aromatic heterocycles. The second-order valence-electron chi connectivity index (χ2n) is 5.78. The van der Waals surface area contributed by atoms with Crippen LogP contribution in [0.15, 0.2) is 0 Å². The van der Waals surface area contributed by atoms with Crippen LogP contribution < -0.4 is 0 Å². The number of urea groups is 1. The summed E-state index contributed by atoms with van der Waals surface area (Å²) >= 11 is 0. The molecule has 0 aromatic carbocycles. The number of likely N-dealkylation sites (N-methyl/N-ethyl adjacent to an activating group) is 1. The fourth-order valence-electron chi connectivity index (χ4n) is 1.80. The molecule has 2 N–H and O–H groups in total. The Labute approximate surface area is 115 Å². The van der Waals surface area contributed by atoms with Gasteiger partial charge in [-0.2, -0.15) is 0 Å². The molecule has 0 aliphatic carbocycles. The quantitative estimate of drug-likeness (QED) is 0.732. The Bertz CT molecular complexity index is 310. The highest BCUT2D eigenvalue weighted by Crippen LogP contribution is 2.09. The summed E-state index contributed by atoms with van der Waals surface area (Å²) in [6.45, 7) is 9.56. The number of rotatable bonds is 7. The summed E-state index contributed by atoms with van der Waals surface area (Å²) in [7, 11) is 0. The topological polar surface area (TPSA) is 81.1 Å². The maximum atomic E-state index is 12.3. The molecule has 19 heavy (non-hydrogen) atoms. The molecule has 6 nitrogen and oxygen atoms in total. The Morgan fingerprint density at radius 2 is 1.74 bits per heavy atom. The second kappa shape index (κ2) is 7.33. The van der Waals surface area contributed by atoms with E-state index in [0.717, 1.165) is 0 Å². The average Bonchev–Trinajstić information content (AvgIpc) is 2.21. The first-order valence-corrected chi connectivity index (χ1v) is 6.54. The van der Waals surface area contributed by atoms with E-state index in [1.54, 1.807) is 20.8 Å². The van der Waals surface area contributed by atoms with Gasteiger partial charge in [0.25, 0.3) is 0 Å². The molecule has 0 rings (SSSR count). The van der Waals surface area contributed by atoms with Crippen LogP contribution in [0.3, 0.4) is 0 Å². The number of nitrogens with zero attached hydrogens (tertiary/aromatic N) is 2. The van der Waals surface area contributed by atoms with Gasteiger partial charge in [0, 0.05) is 13.1 Å². The third-order valence-electron chi connectivity index (χ3n) is 2.41. The van der Waals surface area contributed by atoms with E-state index in [-0.39, 0.29) is 25.0 Å². The molecule has 0 fully saturated rings. The number of carbonyl (C=O) groups is 2. The van der Waals surface area contributed by atoms with Crippen molar-refractivity contribution in [1.82, 2.24) is 9.80 Å². The lowest BCUT2D eigenvalue weighted by Crippen LogP contribution is -2.50. The highest BCUT2D eigenvalue weighted by molar-refractivity contribution is 5.80. The summed E-state index contributed by atoms with van der Waals surface area (Å²) in [4.78, 5) is 25.9. The normalized spacial score (nSPS) is 11.5. The van der Waals surface area contributed by atoms with Gasteiger partial charge in [-0.3, -0.25) is 4.79 Å². The van der Waals surface area contributed by atoms with Crippen LogP contribution in [0.25, 0.3) is 0 Å². The number of aliphatic hydroxyl groups is 1. The summed E-state index contributed by atoms with van der Waals surface area (Å²) in [5, 5.41) is 18.7. The fraction of sp³-hybridized carbons (Fsp3) is 0.846. The summed E-state index contributed by atoms with van der Waals surface area (Å²) in [6, 6.07) is -0.347. The Morgan fingerprint density at radius 3 is 2.05 bits per heavy atom. The van der Waals surface area contributed by atoms with Crippen molar-refractivity contribution in [1.29, 1.82) is 0 Å². The zero-order chi connectivity index (χ0) is 15.2. The first-order chi connectivity index (χ1) is 8.56. The number of carbonyl (C=O) groups excluding carboxylic acids is 1. The van der Waals surface area contributed by atoms with E-state index in [2.05, 4.69) is 0 Å². The monoisotopic (exact) mass is 274 g/mol. The molecule has 0 bridgehead atoms. The van der Waals surface area contributed by atoms with Gasteiger partial charge in [0.15, 0.2) is 0 Å². The van der Waals surface area contributed by atoms with Crippen LogP contribution in [0.1, 0.15) is 34.6 Å².